The third-order valence-electron chi connectivity index (χ3n) is 6.06. The highest BCUT2D eigenvalue weighted by atomic mass is 16.5. The van der Waals surface area contributed by atoms with E-state index in [1.165, 1.54) is 0 Å². The van der Waals surface area contributed by atoms with E-state index in [4.69, 9.17) is 8.94 Å². The van der Waals surface area contributed by atoms with Crippen LogP contribution in [0.25, 0.3) is 0 Å². The summed E-state index contributed by atoms with van der Waals surface area (Å²) in [6, 6.07) is 3.51. The number of amides is 2. The molecule has 4 rings (SSSR count). The number of carbonyl (C=O) groups is 2. The Labute approximate surface area is 163 Å². The van der Waals surface area contributed by atoms with Gasteiger partial charge in [-0.05, 0) is 45.2 Å². The minimum absolute atomic E-state index is 0.144. The third kappa shape index (κ3) is 3.15. The molecule has 7 nitrogen and oxygen atoms in total. The molecule has 1 unspecified atom stereocenters. The Kier molecular flexibility index (Phi) is 4.61. The van der Waals surface area contributed by atoms with Crippen LogP contribution in [0.5, 0.6) is 0 Å². The number of nitrogens with one attached hydrogen (secondary N) is 1. The molecule has 0 saturated carbocycles. The van der Waals surface area contributed by atoms with Crippen molar-refractivity contribution in [1.82, 2.24) is 15.4 Å². The Balaban J connectivity index is 1.42. The topological polar surface area (TPSA) is 88.6 Å². The second-order valence-corrected chi connectivity index (χ2v) is 7.79. The van der Waals surface area contributed by atoms with Gasteiger partial charge in [-0.3, -0.25) is 9.59 Å². The standard InChI is InChI=1S/C21H25N3O4/c1-13-16(14(2)28-23-13)11-15-6-7-17(27-15)20(26)22-12-21-9-4-5-18(21)24(3)19(25)8-10-21/h5-7H,4,8-12H2,1-3H3,(H,22,26). The van der Waals surface area contributed by atoms with E-state index in [0.29, 0.717) is 30.9 Å². The number of hydrogen-bond donors (Lipinski definition) is 1. The first-order valence-electron chi connectivity index (χ1n) is 9.65. The number of aryl methyl sites for hydroxylation is 2. The molecule has 2 aromatic heterocycles. The summed E-state index contributed by atoms with van der Waals surface area (Å²) in [7, 11) is 1.82. The number of nitrogens with zero attached hydrogens (tertiary/aromatic N) is 2. The van der Waals surface area contributed by atoms with E-state index in [2.05, 4.69) is 16.5 Å². The van der Waals surface area contributed by atoms with Crippen LogP contribution in [0.1, 0.15) is 59.0 Å². The molecule has 7 heteroatoms. The fraction of sp³-hybridized carbons (Fsp3) is 0.476. The fourth-order valence-electron chi connectivity index (χ4n) is 4.35. The number of piperidine rings is 1. The lowest BCUT2D eigenvalue weighted by molar-refractivity contribution is -0.131. The Morgan fingerprint density at radius 2 is 2.14 bits per heavy atom. The monoisotopic (exact) mass is 383 g/mol. The second-order valence-electron chi connectivity index (χ2n) is 7.79. The quantitative estimate of drug-likeness (QED) is 0.857. The van der Waals surface area contributed by atoms with E-state index in [1.54, 1.807) is 11.0 Å². The van der Waals surface area contributed by atoms with Crippen LogP contribution in [-0.2, 0) is 11.2 Å². The van der Waals surface area contributed by atoms with Crippen molar-refractivity contribution < 1.29 is 18.5 Å². The Morgan fingerprint density at radius 3 is 2.89 bits per heavy atom. The summed E-state index contributed by atoms with van der Waals surface area (Å²) in [4.78, 5) is 26.4. The SMILES string of the molecule is Cc1noc(C)c1Cc1ccc(C(=O)NCC23CCC=C2N(C)C(=O)CC3)o1. The number of furan rings is 1. The van der Waals surface area contributed by atoms with Crippen LogP contribution in [0.4, 0.5) is 0 Å². The summed E-state index contributed by atoms with van der Waals surface area (Å²) in [5.74, 6) is 1.66. The molecule has 1 saturated heterocycles. The minimum atomic E-state index is -0.231. The molecule has 0 aromatic carbocycles. The average Bonchev–Trinajstić information content (AvgIpc) is 3.39. The number of allylic oxidation sites excluding steroid dienone is 1. The number of likely N-dealkylation sites (tertiary alicyclic amines) is 1. The molecule has 2 amide bonds. The van der Waals surface area contributed by atoms with E-state index in [-0.39, 0.29) is 17.2 Å². The van der Waals surface area contributed by atoms with Crippen LogP contribution in [0.2, 0.25) is 0 Å². The molecule has 0 radical (unpaired) electrons. The lowest BCUT2D eigenvalue weighted by atomic mass is 9.77. The molecule has 0 bridgehead atoms. The second kappa shape index (κ2) is 6.96. The van der Waals surface area contributed by atoms with Gasteiger partial charge < -0.3 is 19.2 Å². The molecule has 148 valence electrons. The van der Waals surface area contributed by atoms with Crippen LogP contribution in [-0.4, -0.2) is 35.5 Å². The lowest BCUT2D eigenvalue weighted by Crippen LogP contribution is -2.46. The normalized spacial score (nSPS) is 21.6. The number of aromatic nitrogens is 1. The first-order valence-corrected chi connectivity index (χ1v) is 9.65. The van der Waals surface area contributed by atoms with Gasteiger partial charge in [0.25, 0.3) is 5.91 Å². The smallest absolute Gasteiger partial charge is 0.287 e. The van der Waals surface area contributed by atoms with E-state index in [9.17, 15) is 9.59 Å². The van der Waals surface area contributed by atoms with E-state index >= 15 is 0 Å². The Morgan fingerprint density at radius 1 is 1.32 bits per heavy atom. The van der Waals surface area contributed by atoms with Crippen LogP contribution < -0.4 is 5.32 Å². The van der Waals surface area contributed by atoms with Gasteiger partial charge in [-0.1, -0.05) is 11.2 Å². The summed E-state index contributed by atoms with van der Waals surface area (Å²) < 4.78 is 10.9. The molecular formula is C21H25N3O4. The van der Waals surface area contributed by atoms with Gasteiger partial charge in [-0.2, -0.15) is 0 Å². The minimum Gasteiger partial charge on any atom is -0.456 e. The number of rotatable bonds is 5. The zero-order chi connectivity index (χ0) is 19.9. The van der Waals surface area contributed by atoms with Crippen LogP contribution in [0.15, 0.2) is 32.8 Å². The molecule has 1 aliphatic heterocycles. The molecule has 2 aliphatic rings. The highest BCUT2D eigenvalue weighted by molar-refractivity contribution is 5.91. The zero-order valence-corrected chi connectivity index (χ0v) is 16.5. The maximum Gasteiger partial charge on any atom is 0.287 e. The van der Waals surface area contributed by atoms with Gasteiger partial charge in [0.15, 0.2) is 5.76 Å². The van der Waals surface area contributed by atoms with Gasteiger partial charge in [0.2, 0.25) is 5.91 Å². The van der Waals surface area contributed by atoms with Crippen molar-refractivity contribution in [3.63, 3.8) is 0 Å². The highest BCUT2D eigenvalue weighted by Gasteiger charge is 2.44. The molecule has 28 heavy (non-hydrogen) atoms. The first kappa shape index (κ1) is 18.5. The summed E-state index contributed by atoms with van der Waals surface area (Å²) in [6.07, 6.45) is 5.85. The summed E-state index contributed by atoms with van der Waals surface area (Å²) >= 11 is 0. The molecule has 1 atom stereocenters. The van der Waals surface area contributed by atoms with E-state index in [1.807, 2.05) is 27.0 Å². The summed E-state index contributed by atoms with van der Waals surface area (Å²) in [5.41, 5.74) is 2.71. The van der Waals surface area contributed by atoms with Gasteiger partial charge >= 0.3 is 0 Å². The summed E-state index contributed by atoms with van der Waals surface area (Å²) in [5, 5.41) is 6.97. The van der Waals surface area contributed by atoms with Crippen molar-refractivity contribution >= 4 is 11.8 Å². The number of hydrogen-bond acceptors (Lipinski definition) is 5. The number of fused-ring (bicyclic) bond motifs is 1. The molecule has 0 spiro atoms. The Bertz CT molecular complexity index is 935. The molecular weight excluding hydrogens is 358 g/mol. The molecule has 1 aliphatic carbocycles. The van der Waals surface area contributed by atoms with Crippen molar-refractivity contribution in [2.45, 2.75) is 46.0 Å². The molecule has 1 N–H and O–H groups in total. The van der Waals surface area contributed by atoms with Gasteiger partial charge in [0.05, 0.1) is 5.69 Å². The van der Waals surface area contributed by atoms with Gasteiger partial charge in [0.1, 0.15) is 11.5 Å². The largest absolute Gasteiger partial charge is 0.456 e. The fourth-order valence-corrected chi connectivity index (χ4v) is 4.35. The molecule has 2 aromatic rings. The van der Waals surface area contributed by atoms with Gasteiger partial charge in [-0.25, -0.2) is 0 Å². The Hall–Kier alpha value is -2.83. The van der Waals surface area contributed by atoms with Crippen molar-refractivity contribution in [3.8, 4) is 0 Å². The van der Waals surface area contributed by atoms with Crippen molar-refractivity contribution in [1.29, 1.82) is 0 Å². The van der Waals surface area contributed by atoms with E-state index < -0.39 is 0 Å². The van der Waals surface area contributed by atoms with Crippen LogP contribution in [0.3, 0.4) is 0 Å². The first-order chi connectivity index (χ1) is 13.4. The third-order valence-corrected chi connectivity index (χ3v) is 6.06. The average molecular weight is 383 g/mol. The van der Waals surface area contributed by atoms with Crippen LogP contribution >= 0.6 is 0 Å². The number of carbonyl (C=O) groups excluding carboxylic acids is 2. The predicted octanol–water partition coefficient (Wildman–Crippen LogP) is 3.12. The van der Waals surface area contributed by atoms with Crippen molar-refractivity contribution in [3.05, 3.63) is 52.4 Å². The van der Waals surface area contributed by atoms with Gasteiger partial charge in [0, 0.05) is 43.1 Å². The summed E-state index contributed by atoms with van der Waals surface area (Å²) in [6.45, 7) is 4.26. The molecule has 3 heterocycles. The van der Waals surface area contributed by atoms with Crippen molar-refractivity contribution in [2.24, 2.45) is 5.41 Å². The maximum absolute atomic E-state index is 12.6. The van der Waals surface area contributed by atoms with Crippen molar-refractivity contribution in [2.75, 3.05) is 13.6 Å². The molecule has 1 fully saturated rings. The predicted molar refractivity (Wildman–Crippen MR) is 102 cm³/mol. The van der Waals surface area contributed by atoms with E-state index in [0.717, 1.165) is 42.0 Å². The highest BCUT2D eigenvalue weighted by Crippen LogP contribution is 2.46. The lowest BCUT2D eigenvalue weighted by Gasteiger charge is -2.41. The maximum atomic E-state index is 12.6. The van der Waals surface area contributed by atoms with Gasteiger partial charge in [-0.15, -0.1) is 0 Å². The van der Waals surface area contributed by atoms with Crippen LogP contribution in [0, 0.1) is 19.3 Å². The zero-order valence-electron chi connectivity index (χ0n) is 16.5.